The van der Waals surface area contributed by atoms with Gasteiger partial charge in [0.25, 0.3) is 0 Å². The smallest absolute Gasteiger partial charge is 0.210 e. The average Bonchev–Trinajstić information content (AvgIpc) is 2.93. The van der Waals surface area contributed by atoms with E-state index in [0.29, 0.717) is 9.47 Å². The minimum Gasteiger partial charge on any atom is -0.330 e. The van der Waals surface area contributed by atoms with Crippen LogP contribution in [0.1, 0.15) is 12.5 Å². The lowest BCUT2D eigenvalue weighted by molar-refractivity contribution is -0.117. The minimum atomic E-state index is -0.972. The Bertz CT molecular complexity index is 765. The largest absolute Gasteiger partial charge is 0.330 e. The number of aryl methyl sites for hydroxylation is 1. The molecule has 1 unspecified atom stereocenters. The second-order valence-electron chi connectivity index (χ2n) is 4.87. The van der Waals surface area contributed by atoms with Crippen molar-refractivity contribution < 1.29 is 4.79 Å². The van der Waals surface area contributed by atoms with Gasteiger partial charge in [0, 0.05) is 11.4 Å². The van der Waals surface area contributed by atoms with Gasteiger partial charge < -0.3 is 10.7 Å². The van der Waals surface area contributed by atoms with Gasteiger partial charge in [-0.1, -0.05) is 35.2 Å². The number of Topliss-reactive ketones (excluding diaryl/α,β-unsaturated/α-hetero) is 1. The molecule has 23 heavy (non-hydrogen) atoms. The Morgan fingerprint density at radius 3 is 2.96 bits per heavy atom. The molecule has 0 saturated heterocycles. The maximum Gasteiger partial charge on any atom is 0.210 e. The van der Waals surface area contributed by atoms with Gasteiger partial charge in [0.05, 0.1) is 11.8 Å². The van der Waals surface area contributed by atoms with E-state index in [-0.39, 0.29) is 17.2 Å². The summed E-state index contributed by atoms with van der Waals surface area (Å²) in [6.07, 6.45) is 0. The van der Waals surface area contributed by atoms with Crippen molar-refractivity contribution >= 4 is 45.4 Å². The van der Waals surface area contributed by atoms with Crippen LogP contribution in [0.4, 0.5) is 10.8 Å². The molecule has 6 nitrogen and oxygen atoms in total. The predicted molar refractivity (Wildman–Crippen MR) is 92.6 cm³/mol. The number of carbonyl (C=O) groups is 1. The summed E-state index contributed by atoms with van der Waals surface area (Å²) in [5.41, 5.74) is 2.14. The fourth-order valence-corrected chi connectivity index (χ4v) is 3.47. The molecule has 118 valence electrons. The number of nitriles is 1. The molecule has 0 amide bonds. The predicted octanol–water partition coefficient (Wildman–Crippen LogP) is 3.43. The number of anilines is 2. The number of nitrogens with zero attached hydrogens (tertiary/aromatic N) is 3. The summed E-state index contributed by atoms with van der Waals surface area (Å²) in [7, 11) is 0. The number of benzene rings is 1. The van der Waals surface area contributed by atoms with Crippen LogP contribution in [0.2, 0.25) is 0 Å². The SMILES string of the molecule is CC(=N)C(C#N)C(=O)CSc1nnc(Nc2cccc(C)c2)s1. The molecule has 0 radical (unpaired) electrons. The van der Waals surface area contributed by atoms with Gasteiger partial charge in [-0.25, -0.2) is 0 Å². The van der Waals surface area contributed by atoms with Crippen LogP contribution in [-0.2, 0) is 4.79 Å². The van der Waals surface area contributed by atoms with E-state index in [2.05, 4.69) is 15.5 Å². The Morgan fingerprint density at radius 2 is 2.30 bits per heavy atom. The zero-order valence-electron chi connectivity index (χ0n) is 12.7. The number of ketones is 1. The summed E-state index contributed by atoms with van der Waals surface area (Å²) in [4.78, 5) is 11.9. The Hall–Kier alpha value is -2.24. The Morgan fingerprint density at radius 1 is 1.52 bits per heavy atom. The summed E-state index contributed by atoms with van der Waals surface area (Å²) in [5, 5.41) is 28.2. The third-order valence-corrected chi connectivity index (χ3v) is 4.89. The molecule has 8 heteroatoms. The van der Waals surface area contributed by atoms with Gasteiger partial charge in [0.2, 0.25) is 5.13 Å². The van der Waals surface area contributed by atoms with Crippen molar-refractivity contribution in [3.05, 3.63) is 29.8 Å². The summed E-state index contributed by atoms with van der Waals surface area (Å²) in [5.74, 6) is -1.15. The first-order valence-electron chi connectivity index (χ1n) is 6.77. The molecule has 1 aromatic heterocycles. The maximum absolute atomic E-state index is 11.9. The first-order chi connectivity index (χ1) is 11.0. The topological polar surface area (TPSA) is 103 Å². The number of hydrogen-bond donors (Lipinski definition) is 2. The molecule has 1 atom stereocenters. The number of nitrogens with one attached hydrogen (secondary N) is 2. The highest BCUT2D eigenvalue weighted by atomic mass is 32.2. The fourth-order valence-electron chi connectivity index (χ4n) is 1.79. The van der Waals surface area contributed by atoms with Crippen LogP contribution < -0.4 is 5.32 Å². The summed E-state index contributed by atoms with van der Waals surface area (Å²) in [6, 6.07) is 9.75. The number of hydrogen-bond acceptors (Lipinski definition) is 8. The number of carbonyl (C=O) groups excluding carboxylic acids is 1. The van der Waals surface area contributed by atoms with Crippen LogP contribution in [0.5, 0.6) is 0 Å². The second-order valence-corrected chi connectivity index (χ2v) is 7.07. The van der Waals surface area contributed by atoms with E-state index in [9.17, 15) is 4.79 Å². The minimum absolute atomic E-state index is 0.0668. The van der Waals surface area contributed by atoms with Gasteiger partial charge in [-0.3, -0.25) is 4.79 Å². The lowest BCUT2D eigenvalue weighted by atomic mass is 10.0. The highest BCUT2D eigenvalue weighted by Gasteiger charge is 2.20. The van der Waals surface area contributed by atoms with Crippen molar-refractivity contribution in [1.29, 1.82) is 10.7 Å². The molecule has 0 aliphatic carbocycles. The molecule has 2 aromatic rings. The van der Waals surface area contributed by atoms with E-state index in [1.54, 1.807) is 0 Å². The van der Waals surface area contributed by atoms with Gasteiger partial charge in [-0.05, 0) is 31.5 Å². The first kappa shape index (κ1) is 17.1. The normalized spacial score (nSPS) is 11.5. The molecule has 2 N–H and O–H groups in total. The molecular formula is C15H15N5OS2. The van der Waals surface area contributed by atoms with Crippen LogP contribution >= 0.6 is 23.1 Å². The van der Waals surface area contributed by atoms with Gasteiger partial charge in [0.15, 0.2) is 10.1 Å². The van der Waals surface area contributed by atoms with E-state index < -0.39 is 5.92 Å². The Kier molecular flexibility index (Phi) is 5.84. The molecule has 1 aromatic carbocycles. The molecule has 0 saturated carbocycles. The quantitative estimate of drug-likeness (QED) is 0.589. The van der Waals surface area contributed by atoms with Gasteiger partial charge in [0.1, 0.15) is 5.92 Å². The van der Waals surface area contributed by atoms with Crippen molar-refractivity contribution in [1.82, 2.24) is 10.2 Å². The van der Waals surface area contributed by atoms with Gasteiger partial charge in [-0.2, -0.15) is 5.26 Å². The fraction of sp³-hybridized carbons (Fsp3) is 0.267. The summed E-state index contributed by atoms with van der Waals surface area (Å²) >= 11 is 2.58. The van der Waals surface area contributed by atoms with Crippen molar-refractivity contribution in [2.24, 2.45) is 5.92 Å². The standard InChI is InChI=1S/C15H15N5OS2/c1-9-4-3-5-11(6-9)18-14-19-20-15(23-14)22-8-13(21)12(7-16)10(2)17/h3-6,12,17H,8H2,1-2H3,(H,18,19). The molecule has 2 rings (SSSR count). The van der Waals surface area contributed by atoms with Crippen LogP contribution in [0.15, 0.2) is 28.6 Å². The van der Waals surface area contributed by atoms with Crippen LogP contribution in [0, 0.1) is 29.6 Å². The second kappa shape index (κ2) is 7.85. The Balaban J connectivity index is 1.94. The molecule has 0 fully saturated rings. The molecule has 1 heterocycles. The highest BCUT2D eigenvalue weighted by molar-refractivity contribution is 8.01. The van der Waals surface area contributed by atoms with E-state index in [1.165, 1.54) is 30.0 Å². The van der Waals surface area contributed by atoms with E-state index in [1.807, 2.05) is 37.3 Å². The van der Waals surface area contributed by atoms with Crippen molar-refractivity contribution in [2.45, 2.75) is 18.2 Å². The molecule has 0 spiro atoms. The maximum atomic E-state index is 11.9. The van der Waals surface area contributed by atoms with Crippen LogP contribution in [-0.4, -0.2) is 27.4 Å². The van der Waals surface area contributed by atoms with Crippen molar-refractivity contribution in [2.75, 3.05) is 11.1 Å². The third kappa shape index (κ3) is 4.87. The molecule has 0 aliphatic heterocycles. The number of aromatic nitrogens is 2. The zero-order valence-corrected chi connectivity index (χ0v) is 14.3. The average molecular weight is 345 g/mol. The monoisotopic (exact) mass is 345 g/mol. The molecule has 0 aliphatic rings. The summed E-state index contributed by atoms with van der Waals surface area (Å²) < 4.78 is 0.646. The number of thioether (sulfide) groups is 1. The zero-order chi connectivity index (χ0) is 16.8. The van der Waals surface area contributed by atoms with E-state index in [0.717, 1.165) is 11.3 Å². The van der Waals surface area contributed by atoms with Crippen molar-refractivity contribution in [3.63, 3.8) is 0 Å². The van der Waals surface area contributed by atoms with Crippen molar-refractivity contribution in [3.8, 4) is 6.07 Å². The lowest BCUT2D eigenvalue weighted by Crippen LogP contribution is -2.21. The molecular weight excluding hydrogens is 330 g/mol. The first-order valence-corrected chi connectivity index (χ1v) is 8.57. The molecule has 0 bridgehead atoms. The lowest BCUT2D eigenvalue weighted by Gasteiger charge is -2.04. The van der Waals surface area contributed by atoms with E-state index in [4.69, 9.17) is 10.7 Å². The summed E-state index contributed by atoms with van der Waals surface area (Å²) in [6.45, 7) is 3.47. The third-order valence-electron chi connectivity index (χ3n) is 2.90. The highest BCUT2D eigenvalue weighted by Crippen LogP contribution is 2.28. The number of rotatable bonds is 7. The van der Waals surface area contributed by atoms with Crippen LogP contribution in [0.3, 0.4) is 0 Å². The Labute approximate surface area is 142 Å². The van der Waals surface area contributed by atoms with E-state index >= 15 is 0 Å². The van der Waals surface area contributed by atoms with Gasteiger partial charge >= 0.3 is 0 Å². The van der Waals surface area contributed by atoms with Gasteiger partial charge in [-0.15, -0.1) is 10.2 Å². The van der Waals surface area contributed by atoms with Crippen LogP contribution in [0.25, 0.3) is 0 Å².